The van der Waals surface area contributed by atoms with Gasteiger partial charge in [-0.25, -0.2) is 4.98 Å². The molecule has 2 aliphatic carbocycles. The number of fused-ring (bicyclic) bond motifs is 1. The van der Waals surface area contributed by atoms with Crippen molar-refractivity contribution in [1.29, 1.82) is 0 Å². The van der Waals surface area contributed by atoms with E-state index in [1.807, 2.05) is 19.0 Å². The lowest BCUT2D eigenvalue weighted by Crippen LogP contribution is -2.51. The Hall–Kier alpha value is -1.63. The third-order valence-corrected chi connectivity index (χ3v) is 7.22. The van der Waals surface area contributed by atoms with Gasteiger partial charge in [0.2, 0.25) is 11.8 Å². The summed E-state index contributed by atoms with van der Waals surface area (Å²) in [6.45, 7) is 3.35. The zero-order valence-corrected chi connectivity index (χ0v) is 16.6. The molecule has 2 heterocycles. The van der Waals surface area contributed by atoms with Crippen LogP contribution in [0.3, 0.4) is 0 Å². The molecular formula is C19H28N4O2S. The molecule has 0 radical (unpaired) electrons. The van der Waals surface area contributed by atoms with Gasteiger partial charge in [-0.1, -0.05) is 6.42 Å². The van der Waals surface area contributed by atoms with Crippen molar-refractivity contribution in [3.63, 3.8) is 0 Å². The van der Waals surface area contributed by atoms with Crippen LogP contribution in [0.4, 0.5) is 5.13 Å². The van der Waals surface area contributed by atoms with Crippen molar-refractivity contribution in [2.45, 2.75) is 38.5 Å². The topological polar surface area (TPSA) is 56.8 Å². The molecule has 0 spiro atoms. The highest BCUT2D eigenvalue weighted by atomic mass is 32.1. The summed E-state index contributed by atoms with van der Waals surface area (Å²) < 4.78 is 0. The first-order valence-electron chi connectivity index (χ1n) is 9.76. The van der Waals surface area contributed by atoms with Crippen LogP contribution in [0.5, 0.6) is 0 Å². The summed E-state index contributed by atoms with van der Waals surface area (Å²) >= 11 is 1.75. The zero-order valence-electron chi connectivity index (χ0n) is 15.7. The number of piperazine rings is 1. The first kappa shape index (κ1) is 17.8. The molecule has 0 bridgehead atoms. The number of rotatable bonds is 3. The molecule has 1 aromatic heterocycles. The largest absolute Gasteiger partial charge is 0.349 e. The number of carbonyl (C=O) groups is 2. The number of aryl methyl sites for hydroxylation is 1. The van der Waals surface area contributed by atoms with Crippen LogP contribution < -0.4 is 4.90 Å². The van der Waals surface area contributed by atoms with Gasteiger partial charge in [0.15, 0.2) is 5.13 Å². The lowest BCUT2D eigenvalue weighted by Gasteiger charge is -2.38. The molecule has 0 N–H and O–H groups in total. The summed E-state index contributed by atoms with van der Waals surface area (Å²) in [6.07, 6.45) is 5.98. The van der Waals surface area contributed by atoms with Crippen molar-refractivity contribution < 1.29 is 9.59 Å². The quantitative estimate of drug-likeness (QED) is 0.807. The maximum absolute atomic E-state index is 12.4. The Morgan fingerprint density at radius 1 is 1.08 bits per heavy atom. The number of hydrogen-bond donors (Lipinski definition) is 0. The molecule has 1 atom stereocenters. The molecule has 3 aliphatic rings. The van der Waals surface area contributed by atoms with Gasteiger partial charge in [0, 0.05) is 57.0 Å². The number of thiazole rings is 1. The van der Waals surface area contributed by atoms with E-state index in [1.165, 1.54) is 17.0 Å². The molecule has 0 aromatic carbocycles. The molecule has 1 saturated carbocycles. The lowest BCUT2D eigenvalue weighted by atomic mass is 9.84. The molecule has 1 saturated heterocycles. The fourth-order valence-corrected chi connectivity index (χ4v) is 5.34. The van der Waals surface area contributed by atoms with E-state index < -0.39 is 0 Å². The Kier molecular flexibility index (Phi) is 4.90. The van der Waals surface area contributed by atoms with Gasteiger partial charge in [-0.2, -0.15) is 0 Å². The number of hydrogen-bond acceptors (Lipinski definition) is 5. The normalized spacial score (nSPS) is 23.4. The monoisotopic (exact) mass is 376 g/mol. The molecule has 6 nitrogen and oxygen atoms in total. The minimum Gasteiger partial charge on any atom is -0.349 e. The Labute approximate surface area is 159 Å². The minimum absolute atomic E-state index is 0.0998. The van der Waals surface area contributed by atoms with Crippen LogP contribution >= 0.6 is 11.3 Å². The maximum Gasteiger partial charge on any atom is 0.225 e. The van der Waals surface area contributed by atoms with Crippen molar-refractivity contribution in [2.75, 3.05) is 45.2 Å². The Morgan fingerprint density at radius 2 is 1.81 bits per heavy atom. The Bertz CT molecular complexity index is 690. The van der Waals surface area contributed by atoms with E-state index in [0.717, 1.165) is 63.4 Å². The highest BCUT2D eigenvalue weighted by Gasteiger charge is 2.33. The number of nitrogens with zero attached hydrogens (tertiary/aromatic N) is 4. The molecule has 4 rings (SSSR count). The van der Waals surface area contributed by atoms with Crippen LogP contribution in [0, 0.1) is 11.8 Å². The van der Waals surface area contributed by atoms with E-state index in [0.29, 0.717) is 11.8 Å². The van der Waals surface area contributed by atoms with Gasteiger partial charge >= 0.3 is 0 Å². The van der Waals surface area contributed by atoms with E-state index in [1.54, 1.807) is 16.2 Å². The average molecular weight is 377 g/mol. The first-order chi connectivity index (χ1) is 12.5. The summed E-state index contributed by atoms with van der Waals surface area (Å²) in [7, 11) is 3.67. The Morgan fingerprint density at radius 3 is 2.42 bits per heavy atom. The third-order valence-electron chi connectivity index (χ3n) is 6.03. The van der Waals surface area contributed by atoms with Crippen molar-refractivity contribution >= 4 is 28.3 Å². The number of carbonyl (C=O) groups excluding carboxylic acids is 2. The molecule has 1 aliphatic heterocycles. The summed E-state index contributed by atoms with van der Waals surface area (Å²) in [5.74, 6) is 0.982. The van der Waals surface area contributed by atoms with E-state index in [2.05, 4.69) is 4.90 Å². The van der Waals surface area contributed by atoms with Crippen LogP contribution in [0.2, 0.25) is 0 Å². The van der Waals surface area contributed by atoms with Gasteiger partial charge in [-0.05, 0) is 32.1 Å². The van der Waals surface area contributed by atoms with Crippen LogP contribution in [0.1, 0.15) is 36.3 Å². The van der Waals surface area contributed by atoms with E-state index >= 15 is 0 Å². The van der Waals surface area contributed by atoms with Crippen LogP contribution in [0.15, 0.2) is 0 Å². The lowest BCUT2D eigenvalue weighted by molar-refractivity contribution is -0.138. The van der Waals surface area contributed by atoms with Crippen molar-refractivity contribution in [1.82, 2.24) is 14.8 Å². The van der Waals surface area contributed by atoms with Crippen molar-refractivity contribution in [3.8, 4) is 0 Å². The van der Waals surface area contributed by atoms with Crippen LogP contribution in [-0.4, -0.2) is 66.9 Å². The van der Waals surface area contributed by atoms with Gasteiger partial charge in [0.1, 0.15) is 0 Å². The van der Waals surface area contributed by atoms with Gasteiger partial charge in [0.25, 0.3) is 0 Å². The summed E-state index contributed by atoms with van der Waals surface area (Å²) in [5, 5.41) is 1.07. The zero-order chi connectivity index (χ0) is 18.3. The van der Waals surface area contributed by atoms with Gasteiger partial charge in [0.05, 0.1) is 5.69 Å². The van der Waals surface area contributed by atoms with Crippen LogP contribution in [-0.2, 0) is 22.4 Å². The second-order valence-corrected chi connectivity index (χ2v) is 9.04. The summed E-state index contributed by atoms with van der Waals surface area (Å²) in [6, 6.07) is 0. The smallest absolute Gasteiger partial charge is 0.225 e. The molecular weight excluding hydrogens is 348 g/mol. The van der Waals surface area contributed by atoms with E-state index in [4.69, 9.17) is 4.98 Å². The highest BCUT2D eigenvalue weighted by molar-refractivity contribution is 7.15. The van der Waals surface area contributed by atoms with Gasteiger partial charge < -0.3 is 14.7 Å². The van der Waals surface area contributed by atoms with Crippen molar-refractivity contribution in [2.24, 2.45) is 11.8 Å². The predicted octanol–water partition coefficient (Wildman–Crippen LogP) is 1.78. The van der Waals surface area contributed by atoms with Crippen molar-refractivity contribution in [3.05, 3.63) is 10.6 Å². The SMILES string of the molecule is CN(C)C(=O)C1CCc2nc(N3CCN(C(=O)C4CCC4)CC3)sc2C1. The molecule has 2 fully saturated rings. The number of amides is 2. The van der Waals surface area contributed by atoms with E-state index in [9.17, 15) is 9.59 Å². The molecule has 1 unspecified atom stereocenters. The standard InChI is InChI=1S/C19H28N4O2S/c1-21(2)17(24)14-6-7-15-16(12-14)26-19(20-15)23-10-8-22(9-11-23)18(25)13-4-3-5-13/h13-14H,3-12H2,1-2H3. The molecule has 1 aromatic rings. The minimum atomic E-state index is 0.0998. The Balaban J connectivity index is 1.37. The molecule has 2 amide bonds. The fourth-order valence-electron chi connectivity index (χ4n) is 4.10. The highest BCUT2D eigenvalue weighted by Crippen LogP contribution is 2.35. The first-order valence-corrected chi connectivity index (χ1v) is 10.6. The molecule has 7 heteroatoms. The molecule has 26 heavy (non-hydrogen) atoms. The third kappa shape index (κ3) is 3.33. The maximum atomic E-state index is 12.4. The number of aromatic nitrogens is 1. The summed E-state index contributed by atoms with van der Waals surface area (Å²) in [4.78, 5) is 36.9. The fraction of sp³-hybridized carbons (Fsp3) is 0.737. The predicted molar refractivity (Wildman–Crippen MR) is 102 cm³/mol. The van der Waals surface area contributed by atoms with E-state index in [-0.39, 0.29) is 11.8 Å². The second-order valence-electron chi connectivity index (χ2n) is 7.98. The molecule has 142 valence electrons. The summed E-state index contributed by atoms with van der Waals surface area (Å²) in [5.41, 5.74) is 1.18. The van der Waals surface area contributed by atoms with Gasteiger partial charge in [-0.15, -0.1) is 11.3 Å². The number of anilines is 1. The van der Waals surface area contributed by atoms with Crippen LogP contribution in [0.25, 0.3) is 0 Å². The van der Waals surface area contributed by atoms with Gasteiger partial charge in [-0.3, -0.25) is 9.59 Å². The second kappa shape index (κ2) is 7.18. The average Bonchev–Trinajstić information content (AvgIpc) is 3.02.